The zero-order valence-electron chi connectivity index (χ0n) is 11.0. The molecule has 0 aliphatic carbocycles. The highest BCUT2D eigenvalue weighted by molar-refractivity contribution is 5.69. The van der Waals surface area contributed by atoms with Gasteiger partial charge in [-0.1, -0.05) is 23.8 Å². The molecular formula is C15H16N2O2. The molecule has 2 aromatic rings. The number of aromatic nitrogens is 2. The Hall–Kier alpha value is -2.23. The lowest BCUT2D eigenvalue weighted by molar-refractivity contribution is -0.137. The molecule has 2 rings (SSSR count). The highest BCUT2D eigenvalue weighted by Gasteiger charge is 2.21. The smallest absolute Gasteiger partial charge is 0.304 e. The molecular weight excluding hydrogens is 240 g/mol. The Kier molecular flexibility index (Phi) is 3.90. The van der Waals surface area contributed by atoms with Gasteiger partial charge in [-0.15, -0.1) is 0 Å². The minimum Gasteiger partial charge on any atom is -0.481 e. The van der Waals surface area contributed by atoms with Crippen LogP contribution in [-0.4, -0.2) is 21.3 Å². The summed E-state index contributed by atoms with van der Waals surface area (Å²) in [6.07, 6.45) is 1.60. The van der Waals surface area contributed by atoms with Crippen molar-refractivity contribution in [2.24, 2.45) is 0 Å². The summed E-state index contributed by atoms with van der Waals surface area (Å²) in [5, 5.41) is 17.0. The van der Waals surface area contributed by atoms with Crippen molar-refractivity contribution < 1.29 is 9.90 Å². The molecule has 1 aromatic heterocycles. The summed E-state index contributed by atoms with van der Waals surface area (Å²) in [7, 11) is 0. The number of hydrogen-bond donors (Lipinski definition) is 1. The van der Waals surface area contributed by atoms with E-state index in [4.69, 9.17) is 5.11 Å². The van der Waals surface area contributed by atoms with E-state index < -0.39 is 5.97 Å². The number of rotatable bonds is 4. The van der Waals surface area contributed by atoms with Gasteiger partial charge in [0.1, 0.15) is 0 Å². The van der Waals surface area contributed by atoms with Crippen LogP contribution in [0.5, 0.6) is 0 Å². The van der Waals surface area contributed by atoms with E-state index in [1.165, 1.54) is 0 Å². The van der Waals surface area contributed by atoms with E-state index in [0.29, 0.717) is 5.69 Å². The van der Waals surface area contributed by atoms with Gasteiger partial charge in [-0.2, -0.15) is 10.2 Å². The van der Waals surface area contributed by atoms with Crippen molar-refractivity contribution in [3.63, 3.8) is 0 Å². The van der Waals surface area contributed by atoms with Crippen LogP contribution in [0, 0.1) is 13.8 Å². The van der Waals surface area contributed by atoms with Gasteiger partial charge < -0.3 is 5.11 Å². The molecule has 0 aliphatic rings. The number of aryl methyl sites for hydroxylation is 2. The van der Waals surface area contributed by atoms with Crippen LogP contribution in [0.3, 0.4) is 0 Å². The summed E-state index contributed by atoms with van der Waals surface area (Å²) in [5.74, 6) is -1.09. The number of aliphatic carboxylic acids is 1. The summed E-state index contributed by atoms with van der Waals surface area (Å²) in [5.41, 5.74) is 3.88. The molecule has 1 heterocycles. The van der Waals surface area contributed by atoms with Crippen molar-refractivity contribution in [3.8, 4) is 0 Å². The summed E-state index contributed by atoms with van der Waals surface area (Å²) in [6, 6.07) is 9.66. The summed E-state index contributed by atoms with van der Waals surface area (Å²) in [4.78, 5) is 11.1. The average molecular weight is 256 g/mol. The van der Waals surface area contributed by atoms with Gasteiger partial charge in [0.15, 0.2) is 0 Å². The first-order valence-corrected chi connectivity index (χ1v) is 6.14. The molecule has 4 nitrogen and oxygen atoms in total. The Morgan fingerprint density at radius 3 is 2.74 bits per heavy atom. The van der Waals surface area contributed by atoms with Crippen LogP contribution in [-0.2, 0) is 4.79 Å². The van der Waals surface area contributed by atoms with Crippen molar-refractivity contribution in [2.45, 2.75) is 26.2 Å². The number of benzene rings is 1. The third-order valence-corrected chi connectivity index (χ3v) is 3.14. The van der Waals surface area contributed by atoms with Crippen LogP contribution < -0.4 is 0 Å². The maximum Gasteiger partial charge on any atom is 0.304 e. The normalized spacial score (nSPS) is 12.1. The van der Waals surface area contributed by atoms with Crippen LogP contribution in [0.1, 0.15) is 34.7 Å². The van der Waals surface area contributed by atoms with Crippen molar-refractivity contribution in [1.82, 2.24) is 10.2 Å². The number of carboxylic acid groups (broad SMARTS) is 1. The van der Waals surface area contributed by atoms with Crippen LogP contribution in [0.4, 0.5) is 0 Å². The zero-order chi connectivity index (χ0) is 13.8. The van der Waals surface area contributed by atoms with Crippen molar-refractivity contribution in [2.75, 3.05) is 0 Å². The standard InChI is InChI=1S/C15H16N2O2/c1-10-5-6-11(2)12(8-10)13(9-15(18)19)14-4-3-7-16-17-14/h3-8,13H,9H2,1-2H3,(H,18,19). The maximum absolute atomic E-state index is 11.1. The molecule has 0 bridgehead atoms. The summed E-state index contributed by atoms with van der Waals surface area (Å²) < 4.78 is 0. The second-order valence-electron chi connectivity index (χ2n) is 4.66. The Balaban J connectivity index is 2.48. The first kappa shape index (κ1) is 13.2. The van der Waals surface area contributed by atoms with E-state index in [0.717, 1.165) is 16.7 Å². The minimum atomic E-state index is -0.837. The Labute approximate surface area is 112 Å². The van der Waals surface area contributed by atoms with Crippen LogP contribution in [0.2, 0.25) is 0 Å². The second kappa shape index (κ2) is 5.61. The predicted octanol–water partition coefficient (Wildman–Crippen LogP) is 2.70. The predicted molar refractivity (Wildman–Crippen MR) is 72.0 cm³/mol. The molecule has 0 saturated heterocycles. The van der Waals surface area contributed by atoms with Crippen LogP contribution in [0.25, 0.3) is 0 Å². The third-order valence-electron chi connectivity index (χ3n) is 3.14. The van der Waals surface area contributed by atoms with Gasteiger partial charge in [-0.25, -0.2) is 0 Å². The van der Waals surface area contributed by atoms with E-state index in [9.17, 15) is 4.79 Å². The molecule has 1 N–H and O–H groups in total. The molecule has 0 amide bonds. The monoisotopic (exact) mass is 256 g/mol. The maximum atomic E-state index is 11.1. The molecule has 1 aromatic carbocycles. The van der Waals surface area contributed by atoms with Crippen LogP contribution in [0.15, 0.2) is 36.5 Å². The topological polar surface area (TPSA) is 63.1 Å². The first-order chi connectivity index (χ1) is 9.08. The Bertz CT molecular complexity index is 582. The lowest BCUT2D eigenvalue weighted by Crippen LogP contribution is -2.11. The van der Waals surface area contributed by atoms with E-state index in [-0.39, 0.29) is 12.3 Å². The van der Waals surface area contributed by atoms with E-state index >= 15 is 0 Å². The summed E-state index contributed by atoms with van der Waals surface area (Å²) in [6.45, 7) is 3.98. The third kappa shape index (κ3) is 3.16. The first-order valence-electron chi connectivity index (χ1n) is 6.14. The lowest BCUT2D eigenvalue weighted by Gasteiger charge is -2.17. The molecule has 4 heteroatoms. The number of carbonyl (C=O) groups is 1. The number of hydrogen-bond acceptors (Lipinski definition) is 3. The molecule has 1 unspecified atom stereocenters. The summed E-state index contributed by atoms with van der Waals surface area (Å²) >= 11 is 0. The van der Waals surface area contributed by atoms with Gasteiger partial charge >= 0.3 is 5.97 Å². The van der Waals surface area contributed by atoms with E-state index in [2.05, 4.69) is 10.2 Å². The van der Waals surface area contributed by atoms with Gasteiger partial charge in [0.05, 0.1) is 12.1 Å². The Morgan fingerprint density at radius 2 is 2.11 bits per heavy atom. The fraction of sp³-hybridized carbons (Fsp3) is 0.267. The van der Waals surface area contributed by atoms with Gasteiger partial charge in [-0.3, -0.25) is 4.79 Å². The SMILES string of the molecule is Cc1ccc(C)c(C(CC(=O)O)c2cccnn2)c1. The second-order valence-corrected chi connectivity index (χ2v) is 4.66. The largest absolute Gasteiger partial charge is 0.481 e. The van der Waals surface area contributed by atoms with E-state index in [1.54, 1.807) is 12.3 Å². The van der Waals surface area contributed by atoms with Gasteiger partial charge in [0, 0.05) is 12.1 Å². The highest BCUT2D eigenvalue weighted by atomic mass is 16.4. The number of nitrogens with zero attached hydrogens (tertiary/aromatic N) is 2. The molecule has 19 heavy (non-hydrogen) atoms. The fourth-order valence-electron chi connectivity index (χ4n) is 2.18. The molecule has 0 radical (unpaired) electrons. The fourth-order valence-corrected chi connectivity index (χ4v) is 2.18. The quantitative estimate of drug-likeness (QED) is 0.913. The average Bonchev–Trinajstić information content (AvgIpc) is 2.40. The van der Waals surface area contributed by atoms with Crippen molar-refractivity contribution in [3.05, 3.63) is 58.9 Å². The van der Waals surface area contributed by atoms with E-state index in [1.807, 2.05) is 38.1 Å². The zero-order valence-corrected chi connectivity index (χ0v) is 11.0. The van der Waals surface area contributed by atoms with Crippen molar-refractivity contribution >= 4 is 5.97 Å². The van der Waals surface area contributed by atoms with Gasteiger partial charge in [0.2, 0.25) is 0 Å². The highest BCUT2D eigenvalue weighted by Crippen LogP contribution is 2.29. The molecule has 98 valence electrons. The van der Waals surface area contributed by atoms with Crippen molar-refractivity contribution in [1.29, 1.82) is 0 Å². The van der Waals surface area contributed by atoms with Crippen LogP contribution >= 0.6 is 0 Å². The molecule has 0 saturated carbocycles. The minimum absolute atomic E-state index is 0.0169. The lowest BCUT2D eigenvalue weighted by atomic mass is 9.88. The number of carboxylic acids is 1. The van der Waals surface area contributed by atoms with Gasteiger partial charge in [0.25, 0.3) is 0 Å². The molecule has 0 fully saturated rings. The molecule has 0 spiro atoms. The molecule has 1 atom stereocenters. The molecule has 0 aliphatic heterocycles. The van der Waals surface area contributed by atoms with Gasteiger partial charge in [-0.05, 0) is 37.1 Å². The Morgan fingerprint density at radius 1 is 1.32 bits per heavy atom.